The van der Waals surface area contributed by atoms with Crippen LogP contribution < -0.4 is 10.6 Å². The molecule has 3 N–H and O–H groups in total. The third-order valence-electron chi connectivity index (χ3n) is 5.09. The molecule has 1 fully saturated rings. The first-order valence-corrected chi connectivity index (χ1v) is 9.95. The van der Waals surface area contributed by atoms with Crippen LogP contribution in [-0.4, -0.2) is 23.5 Å². The maximum absolute atomic E-state index is 13.2. The van der Waals surface area contributed by atoms with Gasteiger partial charge in [0, 0.05) is 33.5 Å². The summed E-state index contributed by atoms with van der Waals surface area (Å²) in [5.74, 6) is -3.90. The molecule has 1 heterocycles. The maximum Gasteiger partial charge on any atom is 0.313 e. The third kappa shape index (κ3) is 4.39. The smallest absolute Gasteiger partial charge is 0.313 e. The lowest BCUT2D eigenvalue weighted by Gasteiger charge is -2.28. The van der Waals surface area contributed by atoms with Gasteiger partial charge in [0.1, 0.15) is 0 Å². The number of aliphatic hydroxyl groups excluding tert-OH is 1. The maximum atomic E-state index is 13.2. The van der Waals surface area contributed by atoms with E-state index in [-0.39, 0.29) is 11.1 Å². The number of halogens is 2. The number of anilines is 1. The molecule has 1 atom stereocenters. The number of benzene rings is 1. The average Bonchev–Trinajstić information content (AvgIpc) is 3.33. The van der Waals surface area contributed by atoms with Crippen LogP contribution in [0.1, 0.15) is 48.5 Å². The highest BCUT2D eigenvalue weighted by Crippen LogP contribution is 2.44. The normalized spacial score (nSPS) is 16.6. The number of carbonyl (C=O) groups excluding carboxylic acids is 2. The fourth-order valence-electron chi connectivity index (χ4n) is 3.52. The molecular formula is C20H22F2N2O3S. The second-order valence-corrected chi connectivity index (χ2v) is 8.25. The molecular weight excluding hydrogens is 386 g/mol. The van der Waals surface area contributed by atoms with Gasteiger partial charge in [-0.3, -0.25) is 9.59 Å². The van der Waals surface area contributed by atoms with Gasteiger partial charge in [-0.1, -0.05) is 12.8 Å². The summed E-state index contributed by atoms with van der Waals surface area (Å²) in [4.78, 5) is 26.2. The van der Waals surface area contributed by atoms with E-state index in [1.54, 1.807) is 6.92 Å². The molecule has 1 aliphatic rings. The first-order valence-electron chi connectivity index (χ1n) is 9.13. The van der Waals surface area contributed by atoms with Crippen molar-refractivity contribution in [3.63, 3.8) is 0 Å². The van der Waals surface area contributed by atoms with E-state index in [2.05, 4.69) is 10.6 Å². The molecule has 5 nitrogen and oxygen atoms in total. The number of hydrogen-bond acceptors (Lipinski definition) is 4. The van der Waals surface area contributed by atoms with Gasteiger partial charge in [-0.25, -0.2) is 8.78 Å². The van der Waals surface area contributed by atoms with Gasteiger partial charge < -0.3 is 15.7 Å². The van der Waals surface area contributed by atoms with Crippen molar-refractivity contribution < 1.29 is 23.5 Å². The highest BCUT2D eigenvalue weighted by atomic mass is 32.1. The zero-order valence-electron chi connectivity index (χ0n) is 15.4. The molecule has 150 valence electrons. The molecule has 2 aromatic rings. The molecule has 0 spiro atoms. The zero-order valence-corrected chi connectivity index (χ0v) is 16.2. The molecule has 1 aromatic carbocycles. The predicted molar refractivity (Wildman–Crippen MR) is 103 cm³/mol. The monoisotopic (exact) mass is 408 g/mol. The van der Waals surface area contributed by atoms with Crippen molar-refractivity contribution in [2.24, 2.45) is 0 Å². The van der Waals surface area contributed by atoms with Gasteiger partial charge >= 0.3 is 11.8 Å². The molecule has 1 aliphatic carbocycles. The van der Waals surface area contributed by atoms with Gasteiger partial charge in [0.05, 0.1) is 6.10 Å². The van der Waals surface area contributed by atoms with E-state index in [4.69, 9.17) is 0 Å². The molecule has 8 heteroatoms. The number of aliphatic hydroxyl groups is 1. The standard InChI is InChI=1S/C20H22F2N2O3S/c1-12(25)16-6-7-17(28-16)20(8-2-3-9-20)11-23-18(26)19(27)24-13-4-5-14(21)15(22)10-13/h4-7,10,12,25H,2-3,8-9,11H2,1H3,(H,23,26)(H,24,27). The van der Waals surface area contributed by atoms with Crippen LogP contribution in [0, 0.1) is 11.6 Å². The number of carbonyl (C=O) groups is 2. The van der Waals surface area contributed by atoms with Gasteiger partial charge in [-0.15, -0.1) is 11.3 Å². The molecule has 3 rings (SSSR count). The third-order valence-corrected chi connectivity index (χ3v) is 6.59. The van der Waals surface area contributed by atoms with E-state index in [1.165, 1.54) is 17.4 Å². The molecule has 1 unspecified atom stereocenters. The summed E-state index contributed by atoms with van der Waals surface area (Å²) in [7, 11) is 0. The Morgan fingerprint density at radius 1 is 1.14 bits per heavy atom. The summed E-state index contributed by atoms with van der Waals surface area (Å²) in [5.41, 5.74) is -0.245. The summed E-state index contributed by atoms with van der Waals surface area (Å²) in [6.45, 7) is 2.01. The second kappa shape index (κ2) is 8.36. The quantitative estimate of drug-likeness (QED) is 0.661. The van der Waals surface area contributed by atoms with Crippen LogP contribution in [0.25, 0.3) is 0 Å². The molecule has 0 saturated heterocycles. The van der Waals surface area contributed by atoms with Gasteiger partial charge in [-0.2, -0.15) is 0 Å². The lowest BCUT2D eigenvalue weighted by Crippen LogP contribution is -2.43. The summed E-state index contributed by atoms with van der Waals surface area (Å²) in [6.07, 6.45) is 3.28. The van der Waals surface area contributed by atoms with Gasteiger partial charge in [-0.05, 0) is 44.0 Å². The minimum atomic E-state index is -1.10. The van der Waals surface area contributed by atoms with Crippen LogP contribution in [0.5, 0.6) is 0 Å². The van der Waals surface area contributed by atoms with Crippen LogP contribution in [0.4, 0.5) is 14.5 Å². The van der Waals surface area contributed by atoms with Gasteiger partial charge in [0.2, 0.25) is 0 Å². The van der Waals surface area contributed by atoms with E-state index in [0.717, 1.165) is 47.6 Å². The SMILES string of the molecule is CC(O)c1ccc(C2(CNC(=O)C(=O)Nc3ccc(F)c(F)c3)CCCC2)s1. The fourth-order valence-corrected chi connectivity index (χ4v) is 4.71. The van der Waals surface area contributed by atoms with Crippen LogP contribution in [0.2, 0.25) is 0 Å². The van der Waals surface area contributed by atoms with E-state index in [9.17, 15) is 23.5 Å². The topological polar surface area (TPSA) is 78.4 Å². The number of nitrogens with one attached hydrogen (secondary N) is 2. The first kappa shape index (κ1) is 20.4. The van der Waals surface area contributed by atoms with E-state index in [1.807, 2.05) is 12.1 Å². The van der Waals surface area contributed by atoms with E-state index in [0.29, 0.717) is 6.54 Å². The molecule has 28 heavy (non-hydrogen) atoms. The molecule has 1 aromatic heterocycles. The van der Waals surface area contributed by atoms with Crippen LogP contribution in [-0.2, 0) is 15.0 Å². The number of hydrogen-bond donors (Lipinski definition) is 3. The summed E-state index contributed by atoms with van der Waals surface area (Å²) >= 11 is 1.52. The number of thiophene rings is 1. The zero-order chi connectivity index (χ0) is 20.3. The Balaban J connectivity index is 1.65. The highest BCUT2D eigenvalue weighted by molar-refractivity contribution is 7.12. The fraction of sp³-hybridized carbons (Fsp3) is 0.400. The summed E-state index contributed by atoms with van der Waals surface area (Å²) in [5, 5.41) is 14.7. The van der Waals surface area contributed by atoms with Crippen molar-refractivity contribution in [2.45, 2.75) is 44.1 Å². The minimum Gasteiger partial charge on any atom is -0.388 e. The lowest BCUT2D eigenvalue weighted by molar-refractivity contribution is -0.136. The Morgan fingerprint density at radius 2 is 1.86 bits per heavy atom. The van der Waals surface area contributed by atoms with Crippen LogP contribution >= 0.6 is 11.3 Å². The Bertz CT molecular complexity index is 876. The van der Waals surface area contributed by atoms with Crippen molar-refractivity contribution in [1.29, 1.82) is 0 Å². The second-order valence-electron chi connectivity index (χ2n) is 7.13. The van der Waals surface area contributed by atoms with Gasteiger partial charge in [0.15, 0.2) is 11.6 Å². The number of amides is 2. The predicted octanol–water partition coefficient (Wildman–Crippen LogP) is 3.65. The first-order chi connectivity index (χ1) is 13.3. The Kier molecular flexibility index (Phi) is 6.10. The van der Waals surface area contributed by atoms with Crippen LogP contribution in [0.15, 0.2) is 30.3 Å². The molecule has 0 aliphatic heterocycles. The summed E-state index contributed by atoms with van der Waals surface area (Å²) < 4.78 is 26.2. The highest BCUT2D eigenvalue weighted by Gasteiger charge is 2.37. The average molecular weight is 408 g/mol. The Hall–Kier alpha value is -2.32. The van der Waals surface area contributed by atoms with Crippen molar-refractivity contribution in [1.82, 2.24) is 5.32 Å². The van der Waals surface area contributed by atoms with E-state index >= 15 is 0 Å². The Morgan fingerprint density at radius 3 is 2.46 bits per heavy atom. The molecule has 0 radical (unpaired) electrons. The number of rotatable bonds is 5. The van der Waals surface area contributed by atoms with Gasteiger partial charge in [0.25, 0.3) is 0 Å². The van der Waals surface area contributed by atoms with Crippen molar-refractivity contribution in [3.8, 4) is 0 Å². The van der Waals surface area contributed by atoms with Crippen molar-refractivity contribution in [3.05, 3.63) is 51.7 Å². The largest absolute Gasteiger partial charge is 0.388 e. The van der Waals surface area contributed by atoms with Crippen molar-refractivity contribution >= 4 is 28.8 Å². The molecule has 1 saturated carbocycles. The lowest BCUT2D eigenvalue weighted by atomic mass is 9.84. The summed E-state index contributed by atoms with van der Waals surface area (Å²) in [6, 6.07) is 6.76. The van der Waals surface area contributed by atoms with Crippen LogP contribution in [0.3, 0.4) is 0 Å². The molecule has 0 bridgehead atoms. The molecule has 2 amide bonds. The minimum absolute atomic E-state index is 0.00876. The van der Waals surface area contributed by atoms with E-state index < -0.39 is 29.6 Å². The Labute approximate surface area is 165 Å². The van der Waals surface area contributed by atoms with Crippen molar-refractivity contribution in [2.75, 3.05) is 11.9 Å².